The summed E-state index contributed by atoms with van der Waals surface area (Å²) in [6, 6.07) is 6.69. The number of pyridine rings is 1. The van der Waals surface area contributed by atoms with Gasteiger partial charge in [0.25, 0.3) is 5.56 Å². The summed E-state index contributed by atoms with van der Waals surface area (Å²) >= 11 is 5.98. The number of methoxy groups -OCH3 is 1. The lowest BCUT2D eigenvalue weighted by atomic mass is 10.0. The summed E-state index contributed by atoms with van der Waals surface area (Å²) < 4.78 is 6.34. The average Bonchev–Trinajstić information content (AvgIpc) is 2.82. The van der Waals surface area contributed by atoms with Gasteiger partial charge in [-0.3, -0.25) is 9.36 Å². The molecule has 10 heteroatoms. The third-order valence-corrected chi connectivity index (χ3v) is 5.68. The molecular weight excluding hydrogens is 456 g/mol. The summed E-state index contributed by atoms with van der Waals surface area (Å²) in [5.74, 6) is 0.472. The highest BCUT2D eigenvalue weighted by Crippen LogP contribution is 2.29. The minimum Gasteiger partial charge on any atom is -0.464 e. The number of esters is 1. The van der Waals surface area contributed by atoms with E-state index in [1.807, 2.05) is 26.0 Å². The van der Waals surface area contributed by atoms with Gasteiger partial charge >= 0.3 is 5.97 Å². The van der Waals surface area contributed by atoms with Crippen molar-refractivity contribution in [2.75, 3.05) is 12.4 Å². The Bertz CT molecular complexity index is 1470. The Morgan fingerprint density at radius 2 is 1.85 bits per heavy atom. The van der Waals surface area contributed by atoms with E-state index in [4.69, 9.17) is 21.3 Å². The first kappa shape index (κ1) is 23.3. The standard InChI is InChI=1S/C24H23ClN6O3/c1-12-8-16(13(2)28-18-6-7-19(25)29-21(18)24(33)34-5)20-17(9-12)23(32)31(4)22(30-20)15-10-26-14(3)27-11-15/h6-11,13,28H,1-5H3/t13-/m1/s1. The van der Waals surface area contributed by atoms with E-state index in [-0.39, 0.29) is 22.4 Å². The zero-order valence-corrected chi connectivity index (χ0v) is 20.1. The molecule has 1 aromatic carbocycles. The summed E-state index contributed by atoms with van der Waals surface area (Å²) in [6.07, 6.45) is 3.29. The van der Waals surface area contributed by atoms with Crippen molar-refractivity contribution in [1.29, 1.82) is 0 Å². The van der Waals surface area contributed by atoms with Crippen LogP contribution in [0.4, 0.5) is 5.69 Å². The second-order valence-corrected chi connectivity index (χ2v) is 8.34. The van der Waals surface area contributed by atoms with E-state index in [2.05, 4.69) is 20.3 Å². The number of carbonyl (C=O) groups excluding carboxylic acids is 1. The Kier molecular flexibility index (Phi) is 6.30. The lowest BCUT2D eigenvalue weighted by molar-refractivity contribution is 0.0595. The van der Waals surface area contributed by atoms with Crippen LogP contribution in [0, 0.1) is 13.8 Å². The number of halogens is 1. The maximum Gasteiger partial charge on any atom is 0.358 e. The SMILES string of the molecule is COC(=O)c1nc(Cl)ccc1N[C@H](C)c1cc(C)cc2c(=O)n(C)c(-c3cnc(C)nc3)nc12. The molecule has 0 saturated heterocycles. The highest BCUT2D eigenvalue weighted by molar-refractivity contribution is 6.29. The number of ether oxygens (including phenoxy) is 1. The van der Waals surface area contributed by atoms with Crippen molar-refractivity contribution in [2.45, 2.75) is 26.8 Å². The summed E-state index contributed by atoms with van der Waals surface area (Å²) in [7, 11) is 2.96. The number of nitrogens with one attached hydrogen (secondary N) is 1. The number of aryl methyl sites for hydroxylation is 2. The topological polar surface area (TPSA) is 112 Å². The average molecular weight is 479 g/mol. The normalized spacial score (nSPS) is 11.9. The molecule has 3 aromatic heterocycles. The molecule has 4 rings (SSSR count). The fourth-order valence-corrected chi connectivity index (χ4v) is 3.91. The van der Waals surface area contributed by atoms with Crippen molar-refractivity contribution in [2.24, 2.45) is 7.05 Å². The van der Waals surface area contributed by atoms with Gasteiger partial charge in [0.2, 0.25) is 0 Å². The van der Waals surface area contributed by atoms with Crippen LogP contribution in [-0.2, 0) is 11.8 Å². The Morgan fingerprint density at radius 1 is 1.15 bits per heavy atom. The van der Waals surface area contributed by atoms with Crippen molar-refractivity contribution in [1.82, 2.24) is 24.5 Å². The monoisotopic (exact) mass is 478 g/mol. The summed E-state index contributed by atoms with van der Waals surface area (Å²) in [4.78, 5) is 42.9. The molecule has 0 saturated carbocycles. The molecule has 0 aliphatic carbocycles. The van der Waals surface area contributed by atoms with Crippen molar-refractivity contribution >= 4 is 34.2 Å². The first-order valence-corrected chi connectivity index (χ1v) is 10.9. The van der Waals surface area contributed by atoms with Crippen molar-refractivity contribution < 1.29 is 9.53 Å². The van der Waals surface area contributed by atoms with Gasteiger partial charge in [-0.05, 0) is 44.5 Å². The minimum absolute atomic E-state index is 0.0696. The fourth-order valence-electron chi connectivity index (χ4n) is 3.76. The summed E-state index contributed by atoms with van der Waals surface area (Å²) in [5, 5.41) is 3.96. The highest BCUT2D eigenvalue weighted by atomic mass is 35.5. The van der Waals surface area contributed by atoms with E-state index < -0.39 is 5.97 Å². The first-order chi connectivity index (χ1) is 16.2. The molecule has 1 N–H and O–H groups in total. The maximum absolute atomic E-state index is 13.3. The van der Waals surface area contributed by atoms with Gasteiger partial charge in [-0.25, -0.2) is 24.7 Å². The van der Waals surface area contributed by atoms with Crippen LogP contribution >= 0.6 is 11.6 Å². The van der Waals surface area contributed by atoms with Crippen molar-refractivity contribution in [3.05, 3.63) is 74.8 Å². The molecule has 0 bridgehead atoms. The van der Waals surface area contributed by atoms with Crippen LogP contribution in [0.15, 0.2) is 41.5 Å². The number of nitrogens with zero attached hydrogens (tertiary/aromatic N) is 5. The molecule has 0 spiro atoms. The molecule has 34 heavy (non-hydrogen) atoms. The van der Waals surface area contributed by atoms with Crippen LogP contribution in [0.3, 0.4) is 0 Å². The molecule has 0 aliphatic heterocycles. The fraction of sp³-hybridized carbons (Fsp3) is 0.250. The number of rotatable bonds is 5. The number of anilines is 1. The van der Waals surface area contributed by atoms with Gasteiger partial charge < -0.3 is 10.1 Å². The predicted octanol–water partition coefficient (Wildman–Crippen LogP) is 4.02. The van der Waals surface area contributed by atoms with Crippen LogP contribution in [0.1, 0.15) is 40.4 Å². The Morgan fingerprint density at radius 3 is 2.53 bits per heavy atom. The number of benzene rings is 1. The van der Waals surface area contributed by atoms with Gasteiger partial charge in [-0.15, -0.1) is 0 Å². The Hall–Kier alpha value is -3.85. The van der Waals surface area contributed by atoms with Gasteiger partial charge in [0, 0.05) is 25.0 Å². The smallest absolute Gasteiger partial charge is 0.358 e. The van der Waals surface area contributed by atoms with Gasteiger partial charge in [0.15, 0.2) is 5.69 Å². The molecule has 0 aliphatic rings. The molecule has 3 heterocycles. The maximum atomic E-state index is 13.3. The van der Waals surface area contributed by atoms with Crippen molar-refractivity contribution in [3.8, 4) is 11.4 Å². The van der Waals surface area contributed by atoms with Crippen LogP contribution in [0.5, 0.6) is 0 Å². The van der Waals surface area contributed by atoms with Gasteiger partial charge in [0.1, 0.15) is 16.8 Å². The van der Waals surface area contributed by atoms with Gasteiger partial charge in [-0.1, -0.05) is 17.7 Å². The van der Waals surface area contributed by atoms with Gasteiger partial charge in [0.05, 0.1) is 35.3 Å². The molecule has 4 aromatic rings. The van der Waals surface area contributed by atoms with Crippen LogP contribution in [-0.4, -0.2) is 37.6 Å². The molecular formula is C24H23ClN6O3. The number of carbonyl (C=O) groups is 1. The van der Waals surface area contributed by atoms with E-state index in [9.17, 15) is 9.59 Å². The molecule has 0 unspecified atom stereocenters. The lowest BCUT2D eigenvalue weighted by Gasteiger charge is -2.20. The summed E-state index contributed by atoms with van der Waals surface area (Å²) in [6.45, 7) is 5.62. The van der Waals surface area contributed by atoms with E-state index in [1.165, 1.54) is 11.7 Å². The lowest BCUT2D eigenvalue weighted by Crippen LogP contribution is -2.22. The highest BCUT2D eigenvalue weighted by Gasteiger charge is 2.20. The molecule has 1 atom stereocenters. The van der Waals surface area contributed by atoms with Crippen LogP contribution < -0.4 is 10.9 Å². The first-order valence-electron chi connectivity index (χ1n) is 10.5. The zero-order valence-electron chi connectivity index (χ0n) is 19.4. The molecule has 9 nitrogen and oxygen atoms in total. The molecule has 0 fully saturated rings. The largest absolute Gasteiger partial charge is 0.464 e. The number of hydrogen-bond acceptors (Lipinski definition) is 8. The van der Waals surface area contributed by atoms with E-state index in [0.717, 1.165) is 11.1 Å². The predicted molar refractivity (Wildman–Crippen MR) is 130 cm³/mol. The quantitative estimate of drug-likeness (QED) is 0.338. The van der Waals surface area contributed by atoms with Crippen LogP contribution in [0.25, 0.3) is 22.3 Å². The van der Waals surface area contributed by atoms with Gasteiger partial charge in [-0.2, -0.15) is 0 Å². The van der Waals surface area contributed by atoms with E-state index >= 15 is 0 Å². The Balaban J connectivity index is 1.87. The van der Waals surface area contributed by atoms with E-state index in [0.29, 0.717) is 33.8 Å². The third kappa shape index (κ3) is 4.34. The number of aromatic nitrogens is 5. The Labute approximate surface area is 200 Å². The molecule has 0 radical (unpaired) electrons. The molecule has 0 amide bonds. The zero-order chi connectivity index (χ0) is 24.6. The number of hydrogen-bond donors (Lipinski definition) is 1. The van der Waals surface area contributed by atoms with E-state index in [1.54, 1.807) is 38.5 Å². The molecule has 174 valence electrons. The summed E-state index contributed by atoms with van der Waals surface area (Å²) in [5.41, 5.74) is 3.22. The second kappa shape index (κ2) is 9.18. The third-order valence-electron chi connectivity index (χ3n) is 5.47. The minimum atomic E-state index is -0.611. The van der Waals surface area contributed by atoms with Crippen molar-refractivity contribution in [3.63, 3.8) is 0 Å². The van der Waals surface area contributed by atoms with Crippen LogP contribution in [0.2, 0.25) is 5.15 Å². The number of fused-ring (bicyclic) bond motifs is 1. The second-order valence-electron chi connectivity index (χ2n) is 7.96.